The molecule has 0 bridgehead atoms. The van der Waals surface area contributed by atoms with Gasteiger partial charge in [0.25, 0.3) is 0 Å². The zero-order valence-corrected chi connectivity index (χ0v) is 12.3. The summed E-state index contributed by atoms with van der Waals surface area (Å²) in [7, 11) is -2.26. The summed E-state index contributed by atoms with van der Waals surface area (Å²) in [6.45, 7) is 3.48. The van der Waals surface area contributed by atoms with Crippen molar-refractivity contribution in [3.05, 3.63) is 34.3 Å². The number of hydrogen-bond donors (Lipinski definition) is 1. The van der Waals surface area contributed by atoms with E-state index in [0.717, 1.165) is 4.47 Å². The molecule has 0 amide bonds. The van der Waals surface area contributed by atoms with Gasteiger partial charge in [0.2, 0.25) is 0 Å². The molecule has 0 radical (unpaired) electrons. The van der Waals surface area contributed by atoms with Gasteiger partial charge >= 0.3 is 6.18 Å². The van der Waals surface area contributed by atoms with Crippen LogP contribution < -0.4 is 5.40 Å². The molecule has 0 saturated carbocycles. The predicted molar refractivity (Wildman–Crippen MR) is 69.4 cm³/mol. The molecule has 0 fully saturated rings. The van der Waals surface area contributed by atoms with Crippen LogP contribution in [-0.4, -0.2) is 14.4 Å². The minimum absolute atomic E-state index is 0.0120. The van der Waals surface area contributed by atoms with Crippen LogP contribution in [0.5, 0.6) is 0 Å². The Bertz CT molecular complexity index is 370. The second-order valence-electron chi connectivity index (χ2n) is 4.84. The summed E-state index contributed by atoms with van der Waals surface area (Å²) in [4.78, 5) is 0. The fourth-order valence-corrected chi connectivity index (χ4v) is 3.43. The van der Waals surface area contributed by atoms with Crippen molar-refractivity contribution in [1.82, 2.24) is 0 Å². The lowest BCUT2D eigenvalue weighted by Crippen LogP contribution is -2.42. The Morgan fingerprint density at radius 2 is 1.71 bits per heavy atom. The second-order valence-corrected chi connectivity index (χ2v) is 10.1. The van der Waals surface area contributed by atoms with Crippen LogP contribution in [-0.2, 0) is 0 Å². The van der Waals surface area contributed by atoms with E-state index in [9.17, 15) is 13.2 Å². The maximum atomic E-state index is 13.0. The molecule has 0 spiro atoms. The molecular weight excluding hydrogens is 311 g/mol. The number of benzene rings is 1. The van der Waals surface area contributed by atoms with Gasteiger partial charge in [-0.25, -0.2) is 0 Å². The highest BCUT2D eigenvalue weighted by molar-refractivity contribution is 9.10. The monoisotopic (exact) mass is 325 g/mol. The summed E-state index contributed by atoms with van der Waals surface area (Å²) < 4.78 is 39.7. The van der Waals surface area contributed by atoms with Crippen molar-refractivity contribution < 1.29 is 13.2 Å². The lowest BCUT2D eigenvalue weighted by atomic mass is 10.0. The highest BCUT2D eigenvalue weighted by Gasteiger charge is 2.43. The van der Waals surface area contributed by atoms with E-state index < -0.39 is 20.3 Å². The first-order valence-electron chi connectivity index (χ1n) is 5.21. The molecule has 0 aliphatic heterocycles. The van der Waals surface area contributed by atoms with Gasteiger partial charge in [-0.2, -0.15) is 13.2 Å². The van der Waals surface area contributed by atoms with Gasteiger partial charge in [-0.15, -0.1) is 0 Å². The average molecular weight is 326 g/mol. The number of rotatable bonds is 3. The average Bonchev–Trinajstić information content (AvgIpc) is 2.13. The van der Waals surface area contributed by atoms with Crippen molar-refractivity contribution in [2.75, 3.05) is 0 Å². The maximum Gasteiger partial charge on any atom is 0.395 e. The van der Waals surface area contributed by atoms with Crippen LogP contribution in [0.4, 0.5) is 13.2 Å². The molecule has 0 aliphatic rings. The zero-order valence-electron chi connectivity index (χ0n) is 9.68. The van der Waals surface area contributed by atoms with E-state index >= 15 is 0 Å². The molecular formula is C11H15BrF3NSi. The van der Waals surface area contributed by atoms with Gasteiger partial charge < -0.3 is 5.40 Å². The Morgan fingerprint density at radius 3 is 2.06 bits per heavy atom. The molecule has 1 nitrogen and oxygen atoms in total. The molecule has 17 heavy (non-hydrogen) atoms. The highest BCUT2D eigenvalue weighted by Crippen LogP contribution is 2.40. The van der Waals surface area contributed by atoms with Crippen molar-refractivity contribution in [3.8, 4) is 0 Å². The molecule has 0 aliphatic carbocycles. The van der Waals surface area contributed by atoms with Crippen LogP contribution in [0, 0.1) is 0 Å². The SMILES string of the molecule is C[Si](C)(N)CC(c1ccc(Br)cc1)C(F)(F)F. The standard InChI is InChI=1S/C11H15BrF3NSi/c1-17(2,16)7-10(11(13,14)15)8-3-5-9(12)6-4-8/h3-6,10H,7,16H2,1-2H3. The smallest absolute Gasteiger partial charge is 0.351 e. The Balaban J connectivity index is 3.03. The summed E-state index contributed by atoms with van der Waals surface area (Å²) in [6.07, 6.45) is -4.24. The Morgan fingerprint density at radius 1 is 1.24 bits per heavy atom. The molecule has 2 N–H and O–H groups in total. The summed E-state index contributed by atoms with van der Waals surface area (Å²) in [6, 6.07) is 6.27. The van der Waals surface area contributed by atoms with E-state index in [4.69, 9.17) is 5.40 Å². The van der Waals surface area contributed by atoms with Gasteiger partial charge in [0, 0.05) is 4.47 Å². The Hall–Kier alpha value is -0.333. The fourth-order valence-electron chi connectivity index (χ4n) is 1.64. The number of hydrogen-bond acceptors (Lipinski definition) is 1. The summed E-state index contributed by atoms with van der Waals surface area (Å²) >= 11 is 3.21. The molecule has 1 aromatic rings. The summed E-state index contributed by atoms with van der Waals surface area (Å²) in [5.41, 5.74) is 0.284. The first kappa shape index (κ1) is 14.7. The van der Waals surface area contributed by atoms with Gasteiger partial charge in [0.1, 0.15) is 8.24 Å². The summed E-state index contributed by atoms with van der Waals surface area (Å²) in [5, 5.41) is 5.83. The molecule has 0 saturated heterocycles. The van der Waals surface area contributed by atoms with Crippen LogP contribution in [0.1, 0.15) is 11.5 Å². The third-order valence-corrected chi connectivity index (χ3v) is 4.39. The molecule has 1 unspecified atom stereocenters. The zero-order chi connectivity index (χ0) is 13.3. The van der Waals surface area contributed by atoms with E-state index in [-0.39, 0.29) is 11.6 Å². The van der Waals surface area contributed by atoms with Crippen LogP contribution in [0.15, 0.2) is 28.7 Å². The van der Waals surface area contributed by atoms with Crippen molar-refractivity contribution in [2.24, 2.45) is 5.40 Å². The maximum absolute atomic E-state index is 13.0. The lowest BCUT2D eigenvalue weighted by molar-refractivity contribution is -0.146. The van der Waals surface area contributed by atoms with E-state index in [1.54, 1.807) is 25.2 Å². The Kier molecular flexibility index (Phi) is 4.43. The van der Waals surface area contributed by atoms with E-state index in [2.05, 4.69) is 15.9 Å². The van der Waals surface area contributed by atoms with Crippen LogP contribution >= 0.6 is 15.9 Å². The Labute approximate surface area is 108 Å². The molecule has 0 aromatic heterocycles. The van der Waals surface area contributed by atoms with Crippen LogP contribution in [0.3, 0.4) is 0 Å². The third kappa shape index (κ3) is 4.81. The third-order valence-electron chi connectivity index (χ3n) is 2.40. The van der Waals surface area contributed by atoms with Gasteiger partial charge in [0.05, 0.1) is 5.92 Å². The van der Waals surface area contributed by atoms with Crippen molar-refractivity contribution in [1.29, 1.82) is 0 Å². The quantitative estimate of drug-likeness (QED) is 0.825. The molecule has 1 rings (SSSR count). The minimum Gasteiger partial charge on any atom is -0.351 e. The predicted octanol–water partition coefficient (Wildman–Crippen LogP) is 4.26. The largest absolute Gasteiger partial charge is 0.395 e. The molecule has 0 heterocycles. The molecule has 6 heteroatoms. The first-order chi connectivity index (χ1) is 7.59. The van der Waals surface area contributed by atoms with Gasteiger partial charge in [0.15, 0.2) is 0 Å². The van der Waals surface area contributed by atoms with Gasteiger partial charge in [-0.05, 0) is 23.7 Å². The normalized spacial score (nSPS) is 14.8. The van der Waals surface area contributed by atoms with E-state index in [0.29, 0.717) is 0 Å². The second kappa shape index (κ2) is 5.12. The minimum atomic E-state index is -4.24. The first-order valence-corrected chi connectivity index (χ1v) is 9.28. The molecule has 1 aromatic carbocycles. The van der Waals surface area contributed by atoms with Crippen molar-refractivity contribution in [2.45, 2.75) is 31.2 Å². The van der Waals surface area contributed by atoms with Crippen LogP contribution in [0.2, 0.25) is 19.1 Å². The number of halogens is 4. The topological polar surface area (TPSA) is 26.0 Å². The molecule has 96 valence electrons. The van der Waals surface area contributed by atoms with Gasteiger partial charge in [-0.1, -0.05) is 41.2 Å². The number of alkyl halides is 3. The van der Waals surface area contributed by atoms with Crippen molar-refractivity contribution in [3.63, 3.8) is 0 Å². The fraction of sp³-hybridized carbons (Fsp3) is 0.455. The van der Waals surface area contributed by atoms with Crippen LogP contribution in [0.25, 0.3) is 0 Å². The lowest BCUT2D eigenvalue weighted by Gasteiger charge is -2.26. The van der Waals surface area contributed by atoms with Gasteiger partial charge in [-0.3, -0.25) is 0 Å². The van der Waals surface area contributed by atoms with E-state index in [1.807, 2.05) is 0 Å². The highest BCUT2D eigenvalue weighted by atomic mass is 79.9. The molecule has 1 atom stereocenters. The van der Waals surface area contributed by atoms with Crippen molar-refractivity contribution >= 4 is 24.2 Å². The van der Waals surface area contributed by atoms with E-state index in [1.165, 1.54) is 12.1 Å². The summed E-state index contributed by atoms with van der Waals surface area (Å²) in [5.74, 6) is -1.46. The number of nitrogens with two attached hydrogens (primary N) is 1.